The highest BCUT2D eigenvalue weighted by Gasteiger charge is 2.55. The average Bonchev–Trinajstić information content (AvgIpc) is 3.24. The number of halogens is 7. The van der Waals surface area contributed by atoms with Crippen LogP contribution in [0.5, 0.6) is 5.75 Å². The van der Waals surface area contributed by atoms with Gasteiger partial charge in [-0.15, -0.1) is 0 Å². The maximum absolute atomic E-state index is 13.9. The summed E-state index contributed by atoms with van der Waals surface area (Å²) < 4.78 is 101. The van der Waals surface area contributed by atoms with Gasteiger partial charge in [-0.05, 0) is 72.7 Å². The van der Waals surface area contributed by atoms with Crippen LogP contribution in [0, 0.1) is 23.6 Å². The monoisotopic (exact) mass is 673 g/mol. The number of carbonyl (C=O) groups excluding carboxylic acids is 2. The summed E-state index contributed by atoms with van der Waals surface area (Å²) in [6.07, 6.45) is -8.54. The van der Waals surface area contributed by atoms with Crippen LogP contribution in [0.2, 0.25) is 0 Å². The van der Waals surface area contributed by atoms with Gasteiger partial charge in [-0.1, -0.05) is 31.1 Å². The molecule has 7 nitrogen and oxygen atoms in total. The Morgan fingerprint density at radius 3 is 2.19 bits per heavy atom. The lowest BCUT2D eigenvalue weighted by Crippen LogP contribution is -2.39. The molecule has 1 aliphatic heterocycles. The summed E-state index contributed by atoms with van der Waals surface area (Å²) in [4.78, 5) is 27.6. The van der Waals surface area contributed by atoms with E-state index in [1.807, 2.05) is 6.92 Å². The number of amides is 2. The maximum atomic E-state index is 13.9. The third-order valence-corrected chi connectivity index (χ3v) is 8.54. The third kappa shape index (κ3) is 7.71. The molecular weight excluding hydrogens is 639 g/mol. The van der Waals surface area contributed by atoms with E-state index >= 15 is 0 Å². The van der Waals surface area contributed by atoms with Gasteiger partial charge >= 0.3 is 12.4 Å². The number of hydrogen-bond donors (Lipinski definition) is 3. The number of aromatic hydroxyl groups is 1. The van der Waals surface area contributed by atoms with E-state index in [1.54, 1.807) is 6.08 Å². The second kappa shape index (κ2) is 14.2. The molecule has 256 valence electrons. The zero-order valence-electron chi connectivity index (χ0n) is 25.5. The Morgan fingerprint density at radius 1 is 1.02 bits per heavy atom. The fourth-order valence-corrected chi connectivity index (χ4v) is 6.50. The molecule has 47 heavy (non-hydrogen) atoms. The smallest absolute Gasteiger partial charge is 0.416 e. The van der Waals surface area contributed by atoms with E-state index in [-0.39, 0.29) is 37.5 Å². The predicted octanol–water partition coefficient (Wildman–Crippen LogP) is 6.65. The van der Waals surface area contributed by atoms with E-state index < -0.39 is 83.0 Å². The lowest BCUT2D eigenvalue weighted by molar-refractivity contribution is -0.143. The number of allylic oxidation sites excluding steroid dienone is 1. The number of aliphatic hydroxyl groups is 2. The van der Waals surface area contributed by atoms with Gasteiger partial charge in [0.15, 0.2) is 11.6 Å². The molecule has 1 fully saturated rings. The summed E-state index contributed by atoms with van der Waals surface area (Å²) in [5, 5.41) is 31.4. The highest BCUT2D eigenvalue weighted by Crippen LogP contribution is 2.48. The van der Waals surface area contributed by atoms with E-state index in [0.717, 1.165) is 11.6 Å². The van der Waals surface area contributed by atoms with Crippen molar-refractivity contribution in [2.24, 2.45) is 17.8 Å². The molecule has 4 atom stereocenters. The number of methoxy groups -OCH3 is 1. The molecule has 0 radical (unpaired) electrons. The minimum atomic E-state index is -5.21. The number of alkyl halides is 6. The molecule has 0 bridgehead atoms. The Hall–Kier alpha value is -3.75. The minimum Gasteiger partial charge on any atom is -0.505 e. The number of rotatable bonds is 11. The van der Waals surface area contributed by atoms with Gasteiger partial charge in [0.25, 0.3) is 0 Å². The Balaban J connectivity index is 1.68. The van der Waals surface area contributed by atoms with Crippen LogP contribution in [0.3, 0.4) is 0 Å². The SMILES string of the molecule is CCC/C(=C\c1ccc(O)c(F)c1)CC[C@@H](O)C1=C(COC)C[C@H]2C(=O)N(c3cc(C(F)(F)F)cc(C(F)(F)F)c3)C(=O)[C@H]2[C@H]1CO. The predicted molar refractivity (Wildman–Crippen MR) is 156 cm³/mol. The molecule has 4 rings (SSSR count). The van der Waals surface area contributed by atoms with Crippen LogP contribution in [0.15, 0.2) is 53.1 Å². The van der Waals surface area contributed by atoms with Crippen LogP contribution in [-0.2, 0) is 26.7 Å². The Kier molecular flexibility index (Phi) is 10.9. The minimum absolute atomic E-state index is 0.0667. The molecule has 3 N–H and O–H groups in total. The van der Waals surface area contributed by atoms with E-state index in [2.05, 4.69) is 0 Å². The molecule has 0 aromatic heterocycles. The lowest BCUT2D eigenvalue weighted by Gasteiger charge is -2.36. The van der Waals surface area contributed by atoms with Gasteiger partial charge in [-0.25, -0.2) is 9.29 Å². The zero-order chi connectivity index (χ0) is 34.8. The zero-order valence-corrected chi connectivity index (χ0v) is 25.5. The van der Waals surface area contributed by atoms with Crippen LogP contribution < -0.4 is 4.90 Å². The molecule has 1 heterocycles. The lowest BCUT2D eigenvalue weighted by atomic mass is 9.68. The number of benzene rings is 2. The standard InChI is InChI=1S/C33H34F7NO6/c1-3-4-17(9-18-6-7-26(43)25(34)10-18)5-8-27(44)28-19(16-47-2)11-23-29(24(28)15-42)31(46)41(30(23)45)22-13-20(32(35,36)37)12-21(14-22)33(38,39)40/h6-7,9-10,12-14,23-24,27,29,42-44H,3-5,8,11,15-16H2,1-2H3/b17-9+/t23-,24+,27-,29-/m1/s1. The number of phenols is 1. The second-order valence-corrected chi connectivity index (χ2v) is 11.7. The first-order chi connectivity index (χ1) is 22.0. The van der Waals surface area contributed by atoms with E-state index in [1.165, 1.54) is 19.2 Å². The van der Waals surface area contributed by atoms with Gasteiger partial charge < -0.3 is 20.1 Å². The van der Waals surface area contributed by atoms with Gasteiger partial charge in [-0.3, -0.25) is 9.59 Å². The number of nitrogens with zero attached hydrogens (tertiary/aromatic N) is 1. The second-order valence-electron chi connectivity index (χ2n) is 11.7. The first-order valence-corrected chi connectivity index (χ1v) is 14.9. The highest BCUT2D eigenvalue weighted by molar-refractivity contribution is 6.22. The number of imide groups is 1. The largest absolute Gasteiger partial charge is 0.505 e. The van der Waals surface area contributed by atoms with Crippen LogP contribution in [0.25, 0.3) is 6.08 Å². The van der Waals surface area contributed by atoms with Crippen LogP contribution >= 0.6 is 0 Å². The Morgan fingerprint density at radius 2 is 1.66 bits per heavy atom. The Labute approximate surface area is 265 Å². The number of hydrogen-bond acceptors (Lipinski definition) is 6. The van der Waals surface area contributed by atoms with Crippen molar-refractivity contribution in [1.82, 2.24) is 0 Å². The molecule has 0 unspecified atom stereocenters. The molecule has 1 aliphatic carbocycles. The van der Waals surface area contributed by atoms with Gasteiger partial charge in [-0.2, -0.15) is 26.3 Å². The fourth-order valence-electron chi connectivity index (χ4n) is 6.50. The van der Waals surface area contributed by atoms with Crippen molar-refractivity contribution >= 4 is 23.6 Å². The summed E-state index contributed by atoms with van der Waals surface area (Å²) in [6, 6.07) is 4.38. The first kappa shape index (κ1) is 36.1. The Bertz CT molecular complexity index is 1530. The van der Waals surface area contributed by atoms with Gasteiger partial charge in [0.05, 0.1) is 48.0 Å². The molecule has 2 aromatic rings. The summed E-state index contributed by atoms with van der Waals surface area (Å²) in [5.74, 6) is -7.22. The maximum Gasteiger partial charge on any atom is 0.416 e. The number of anilines is 1. The van der Waals surface area contributed by atoms with Crippen molar-refractivity contribution in [3.05, 3.63) is 75.6 Å². The summed E-state index contributed by atoms with van der Waals surface area (Å²) >= 11 is 0. The van der Waals surface area contributed by atoms with Crippen molar-refractivity contribution in [3.63, 3.8) is 0 Å². The molecular formula is C33H34F7NO6. The van der Waals surface area contributed by atoms with E-state index in [4.69, 9.17) is 4.74 Å². The van der Waals surface area contributed by atoms with Crippen molar-refractivity contribution in [3.8, 4) is 5.75 Å². The van der Waals surface area contributed by atoms with Crippen LogP contribution in [0.4, 0.5) is 36.4 Å². The van der Waals surface area contributed by atoms with Crippen molar-refractivity contribution in [1.29, 1.82) is 0 Å². The van der Waals surface area contributed by atoms with E-state index in [0.29, 0.717) is 41.0 Å². The summed E-state index contributed by atoms with van der Waals surface area (Å²) in [6.45, 7) is 1.04. The molecule has 0 spiro atoms. The number of fused-ring (bicyclic) bond motifs is 1. The first-order valence-electron chi connectivity index (χ1n) is 14.9. The van der Waals surface area contributed by atoms with Crippen LogP contribution in [-0.4, -0.2) is 53.6 Å². The average molecular weight is 674 g/mol. The fraction of sp³-hybridized carbons (Fsp3) is 0.455. The summed E-state index contributed by atoms with van der Waals surface area (Å²) in [5.41, 5.74) is -2.40. The molecule has 0 saturated carbocycles. The molecule has 2 amide bonds. The van der Waals surface area contributed by atoms with Crippen molar-refractivity contribution in [2.45, 2.75) is 57.5 Å². The van der Waals surface area contributed by atoms with E-state index in [9.17, 15) is 55.6 Å². The quantitative estimate of drug-likeness (QED) is 0.140. The molecule has 1 saturated heterocycles. The molecule has 2 aromatic carbocycles. The third-order valence-electron chi connectivity index (χ3n) is 8.54. The van der Waals surface area contributed by atoms with Gasteiger partial charge in [0, 0.05) is 13.0 Å². The van der Waals surface area contributed by atoms with Gasteiger partial charge in [0.2, 0.25) is 11.8 Å². The summed E-state index contributed by atoms with van der Waals surface area (Å²) in [7, 11) is 1.34. The highest BCUT2D eigenvalue weighted by atomic mass is 19.4. The number of carbonyl (C=O) groups is 2. The topological polar surface area (TPSA) is 107 Å². The number of aliphatic hydroxyl groups excluding tert-OH is 2. The molecule has 2 aliphatic rings. The number of phenolic OH excluding ortho intramolecular Hbond substituents is 1. The van der Waals surface area contributed by atoms with Crippen LogP contribution in [0.1, 0.15) is 55.7 Å². The van der Waals surface area contributed by atoms with Crippen molar-refractivity contribution < 1.29 is 60.4 Å². The molecule has 14 heteroatoms. The van der Waals surface area contributed by atoms with Gasteiger partial charge in [0.1, 0.15) is 0 Å². The van der Waals surface area contributed by atoms with Crippen molar-refractivity contribution in [2.75, 3.05) is 25.2 Å². The number of ether oxygens (including phenoxy) is 1. The normalized spacial score (nSPS) is 21.5.